The fourth-order valence-corrected chi connectivity index (χ4v) is 2.61. The van der Waals surface area contributed by atoms with Gasteiger partial charge in [0.15, 0.2) is 0 Å². The van der Waals surface area contributed by atoms with Gasteiger partial charge in [-0.25, -0.2) is 0 Å². The van der Waals surface area contributed by atoms with Gasteiger partial charge < -0.3 is 11.1 Å². The Morgan fingerprint density at radius 3 is 2.70 bits per heavy atom. The van der Waals surface area contributed by atoms with E-state index in [0.29, 0.717) is 12.1 Å². The Bertz CT molecular complexity index is 630. The lowest BCUT2D eigenvalue weighted by atomic mass is 10.1. The van der Waals surface area contributed by atoms with Crippen LogP contribution in [0.3, 0.4) is 0 Å². The Morgan fingerprint density at radius 1 is 1.35 bits per heavy atom. The number of thiocarbonyl (C=S) groups is 1. The molecule has 1 aliphatic heterocycles. The molecule has 1 aromatic carbocycles. The van der Waals surface area contributed by atoms with E-state index in [9.17, 15) is 9.59 Å². The molecule has 2 rings (SSSR count). The number of hydrazone groups is 1. The lowest BCUT2D eigenvalue weighted by molar-refractivity contribution is -0.119. The number of carbonyl (C=O) groups excluding carboxylic acids is 2. The number of hydrogen-bond acceptors (Lipinski definition) is 5. The van der Waals surface area contributed by atoms with E-state index in [0.717, 1.165) is 19.3 Å². The monoisotopic (exact) mass is 332 g/mol. The Balaban J connectivity index is 2.01. The standard InChI is InChI=1S/C16H20N4O2S/c1-2-3-5-10-12(21)18-15(23)13-14(17)19-20(16(13)22)11-8-6-4-7-9-11/h4,6-9,13H,2-3,5,10H2,1H3,(H2,17,19)(H,18,21,23)/t13-/m0/s1. The van der Waals surface area contributed by atoms with Gasteiger partial charge in [-0.1, -0.05) is 50.2 Å². The van der Waals surface area contributed by atoms with Crippen molar-refractivity contribution >= 4 is 40.5 Å². The Labute approximate surface area is 140 Å². The fraction of sp³-hybridized carbons (Fsp3) is 0.375. The van der Waals surface area contributed by atoms with Crippen molar-refractivity contribution in [3.05, 3.63) is 30.3 Å². The number of anilines is 1. The molecule has 23 heavy (non-hydrogen) atoms. The largest absolute Gasteiger partial charge is 0.385 e. The number of amides is 2. The van der Waals surface area contributed by atoms with Crippen LogP contribution in [0.2, 0.25) is 0 Å². The second-order valence-corrected chi connectivity index (χ2v) is 5.75. The number of amidine groups is 1. The highest BCUT2D eigenvalue weighted by atomic mass is 32.1. The molecule has 0 aromatic heterocycles. The van der Waals surface area contributed by atoms with Crippen molar-refractivity contribution in [3.8, 4) is 0 Å². The number of rotatable bonds is 6. The molecule has 122 valence electrons. The van der Waals surface area contributed by atoms with Crippen molar-refractivity contribution < 1.29 is 9.59 Å². The number of nitrogens with zero attached hydrogens (tertiary/aromatic N) is 2. The van der Waals surface area contributed by atoms with Gasteiger partial charge in [-0.2, -0.15) is 10.1 Å². The molecule has 2 amide bonds. The summed E-state index contributed by atoms with van der Waals surface area (Å²) < 4.78 is 0. The summed E-state index contributed by atoms with van der Waals surface area (Å²) in [5.41, 5.74) is 6.46. The number of para-hydroxylation sites is 1. The predicted molar refractivity (Wildman–Crippen MR) is 93.9 cm³/mol. The molecular formula is C16H20N4O2S. The molecule has 0 saturated heterocycles. The minimum absolute atomic E-state index is 0.0951. The molecule has 1 aliphatic rings. The van der Waals surface area contributed by atoms with Crippen molar-refractivity contribution in [2.24, 2.45) is 16.8 Å². The molecule has 3 N–H and O–H groups in total. The maximum absolute atomic E-state index is 12.5. The quantitative estimate of drug-likeness (QED) is 0.615. The van der Waals surface area contributed by atoms with Crippen LogP contribution in [0.4, 0.5) is 5.69 Å². The van der Waals surface area contributed by atoms with Gasteiger partial charge in [0.25, 0.3) is 5.91 Å². The molecule has 0 bridgehead atoms. The van der Waals surface area contributed by atoms with E-state index in [1.54, 1.807) is 24.3 Å². The molecular weight excluding hydrogens is 312 g/mol. The van der Waals surface area contributed by atoms with Crippen molar-refractivity contribution in [2.75, 3.05) is 5.01 Å². The highest BCUT2D eigenvalue weighted by Gasteiger charge is 2.38. The summed E-state index contributed by atoms with van der Waals surface area (Å²) in [5.74, 6) is -1.34. The molecule has 0 radical (unpaired) electrons. The van der Waals surface area contributed by atoms with E-state index in [-0.39, 0.29) is 22.6 Å². The number of unbranched alkanes of at least 4 members (excludes halogenated alkanes) is 2. The molecule has 0 aliphatic carbocycles. The minimum Gasteiger partial charge on any atom is -0.385 e. The SMILES string of the molecule is CCCCCC(=O)NC(=S)[C@H]1C(=O)N(c2ccccc2)N=C1N. The number of benzene rings is 1. The van der Waals surface area contributed by atoms with Crippen LogP contribution >= 0.6 is 12.2 Å². The zero-order valence-corrected chi connectivity index (χ0v) is 13.8. The van der Waals surface area contributed by atoms with Crippen molar-refractivity contribution in [1.82, 2.24) is 5.32 Å². The van der Waals surface area contributed by atoms with Gasteiger partial charge in [0, 0.05) is 6.42 Å². The average Bonchev–Trinajstić information content (AvgIpc) is 2.83. The molecule has 0 unspecified atom stereocenters. The van der Waals surface area contributed by atoms with Crippen LogP contribution in [-0.2, 0) is 9.59 Å². The summed E-state index contributed by atoms with van der Waals surface area (Å²) in [6.45, 7) is 2.06. The highest BCUT2D eigenvalue weighted by Crippen LogP contribution is 2.22. The highest BCUT2D eigenvalue weighted by molar-refractivity contribution is 7.80. The van der Waals surface area contributed by atoms with Gasteiger partial charge in [-0.3, -0.25) is 9.59 Å². The van der Waals surface area contributed by atoms with Crippen LogP contribution in [0.15, 0.2) is 35.4 Å². The normalized spacial score (nSPS) is 17.1. The molecule has 1 atom stereocenters. The topological polar surface area (TPSA) is 87.8 Å². The van der Waals surface area contributed by atoms with Crippen molar-refractivity contribution in [2.45, 2.75) is 32.6 Å². The summed E-state index contributed by atoms with van der Waals surface area (Å²) in [6, 6.07) is 8.95. The summed E-state index contributed by atoms with van der Waals surface area (Å²) in [5, 5.41) is 7.88. The van der Waals surface area contributed by atoms with Crippen LogP contribution < -0.4 is 16.1 Å². The Hall–Kier alpha value is -2.28. The number of carbonyl (C=O) groups is 2. The molecule has 7 heteroatoms. The lowest BCUT2D eigenvalue weighted by Crippen LogP contribution is -2.43. The van der Waals surface area contributed by atoms with Crippen molar-refractivity contribution in [3.63, 3.8) is 0 Å². The zero-order valence-electron chi connectivity index (χ0n) is 13.0. The molecule has 1 heterocycles. The van der Waals surface area contributed by atoms with Gasteiger partial charge >= 0.3 is 0 Å². The lowest BCUT2D eigenvalue weighted by Gasteiger charge is -2.15. The van der Waals surface area contributed by atoms with Gasteiger partial charge in [-0.15, -0.1) is 0 Å². The van der Waals surface area contributed by atoms with E-state index >= 15 is 0 Å². The fourth-order valence-electron chi connectivity index (χ4n) is 2.28. The molecule has 0 fully saturated rings. The second kappa shape index (κ2) is 7.82. The average molecular weight is 332 g/mol. The van der Waals surface area contributed by atoms with Crippen molar-refractivity contribution in [1.29, 1.82) is 0 Å². The van der Waals surface area contributed by atoms with Crippen LogP contribution in [0, 0.1) is 5.92 Å². The van der Waals surface area contributed by atoms with E-state index in [1.807, 2.05) is 6.07 Å². The van der Waals surface area contributed by atoms with Crippen LogP contribution in [0.5, 0.6) is 0 Å². The maximum atomic E-state index is 12.5. The summed E-state index contributed by atoms with van der Waals surface area (Å²) in [4.78, 5) is 24.4. The van der Waals surface area contributed by atoms with E-state index in [1.165, 1.54) is 5.01 Å². The van der Waals surface area contributed by atoms with Gasteiger partial charge in [0.05, 0.1) is 5.69 Å². The smallest absolute Gasteiger partial charge is 0.265 e. The van der Waals surface area contributed by atoms with Crippen LogP contribution in [0.25, 0.3) is 0 Å². The molecule has 6 nitrogen and oxygen atoms in total. The maximum Gasteiger partial charge on any atom is 0.265 e. The summed E-state index contributed by atoms with van der Waals surface area (Å²) in [6.07, 6.45) is 3.19. The molecule has 1 aromatic rings. The Morgan fingerprint density at radius 2 is 2.04 bits per heavy atom. The van der Waals surface area contributed by atoms with E-state index in [4.69, 9.17) is 18.0 Å². The zero-order chi connectivity index (χ0) is 16.8. The van der Waals surface area contributed by atoms with Gasteiger partial charge in [-0.05, 0) is 18.6 Å². The van der Waals surface area contributed by atoms with E-state index in [2.05, 4.69) is 17.3 Å². The Kier molecular flexibility index (Phi) is 5.81. The first-order valence-corrected chi connectivity index (χ1v) is 8.02. The van der Waals surface area contributed by atoms with Gasteiger partial charge in [0.1, 0.15) is 16.7 Å². The first-order chi connectivity index (χ1) is 11.0. The number of nitrogens with one attached hydrogen (secondary N) is 1. The predicted octanol–water partition coefficient (Wildman–Crippen LogP) is 1.95. The number of nitrogens with two attached hydrogens (primary N) is 1. The molecule has 0 spiro atoms. The second-order valence-electron chi connectivity index (χ2n) is 5.31. The first kappa shape index (κ1) is 17.1. The van der Waals surface area contributed by atoms with Crippen LogP contribution in [-0.4, -0.2) is 22.6 Å². The van der Waals surface area contributed by atoms with Gasteiger partial charge in [0.2, 0.25) is 5.91 Å². The third-order valence-electron chi connectivity index (χ3n) is 3.50. The third-order valence-corrected chi connectivity index (χ3v) is 3.84. The first-order valence-electron chi connectivity index (χ1n) is 7.61. The summed E-state index contributed by atoms with van der Waals surface area (Å²) in [7, 11) is 0. The van der Waals surface area contributed by atoms with E-state index < -0.39 is 5.92 Å². The minimum atomic E-state index is -0.889. The number of hydrogen-bond donors (Lipinski definition) is 2. The summed E-state index contributed by atoms with van der Waals surface area (Å²) >= 11 is 5.19. The third kappa shape index (κ3) is 4.13. The molecule has 0 saturated carbocycles. The van der Waals surface area contributed by atoms with Crippen LogP contribution in [0.1, 0.15) is 32.6 Å².